The minimum atomic E-state index is -0.833. The molecule has 1 aromatic rings. The van der Waals surface area contributed by atoms with E-state index in [-0.39, 0.29) is 5.75 Å². The molecule has 0 unspecified atom stereocenters. The molecule has 2 atom stereocenters. The molecule has 4 nitrogen and oxygen atoms in total. The van der Waals surface area contributed by atoms with Crippen LogP contribution in [-0.2, 0) is 4.79 Å². The van der Waals surface area contributed by atoms with E-state index in [1.54, 1.807) is 18.2 Å². The standard InChI is InChI=1S/C14H22O2.C2H4O2/c1-3-5-11(2)8-9-14(16)12-6-4-7-13(15)10-12;1-2(3)4/h4,6-7,10-11,14-16H,3,5,8-9H2,1-2H3;1H3,(H,3,4)/t11-,14+;/m1./s1. The Morgan fingerprint density at radius 3 is 2.35 bits per heavy atom. The van der Waals surface area contributed by atoms with E-state index in [4.69, 9.17) is 9.90 Å². The summed E-state index contributed by atoms with van der Waals surface area (Å²) in [4.78, 5) is 9.00. The Balaban J connectivity index is 0.000000796. The van der Waals surface area contributed by atoms with Crippen LogP contribution < -0.4 is 0 Å². The average Bonchev–Trinajstić information content (AvgIpc) is 2.35. The van der Waals surface area contributed by atoms with Gasteiger partial charge >= 0.3 is 0 Å². The van der Waals surface area contributed by atoms with Gasteiger partial charge < -0.3 is 15.3 Å². The van der Waals surface area contributed by atoms with Crippen molar-refractivity contribution in [2.45, 2.75) is 52.6 Å². The van der Waals surface area contributed by atoms with Crippen LogP contribution in [0.2, 0.25) is 0 Å². The molecule has 0 radical (unpaired) electrons. The van der Waals surface area contributed by atoms with Gasteiger partial charge in [0.1, 0.15) is 5.75 Å². The van der Waals surface area contributed by atoms with Crippen molar-refractivity contribution in [2.24, 2.45) is 5.92 Å². The number of aliphatic hydroxyl groups excluding tert-OH is 1. The molecule has 20 heavy (non-hydrogen) atoms. The van der Waals surface area contributed by atoms with Gasteiger partial charge in [0.25, 0.3) is 5.97 Å². The molecule has 0 spiro atoms. The number of aliphatic carboxylic acids is 1. The Kier molecular flexibility index (Phi) is 9.47. The van der Waals surface area contributed by atoms with Gasteiger partial charge in [0.15, 0.2) is 0 Å². The number of carboxylic acids is 1. The highest BCUT2D eigenvalue weighted by Gasteiger charge is 2.10. The zero-order chi connectivity index (χ0) is 15.5. The number of carboxylic acid groups (broad SMARTS) is 1. The third kappa shape index (κ3) is 9.39. The second-order valence-corrected chi connectivity index (χ2v) is 5.10. The van der Waals surface area contributed by atoms with Crippen LogP contribution in [0.5, 0.6) is 5.75 Å². The topological polar surface area (TPSA) is 77.8 Å². The fraction of sp³-hybridized carbons (Fsp3) is 0.562. The first-order chi connectivity index (χ1) is 9.36. The molecular formula is C16H26O4. The Morgan fingerprint density at radius 2 is 1.85 bits per heavy atom. The second kappa shape index (κ2) is 10.3. The maximum absolute atomic E-state index is 9.95. The van der Waals surface area contributed by atoms with Gasteiger partial charge in [-0.25, -0.2) is 0 Å². The van der Waals surface area contributed by atoms with E-state index >= 15 is 0 Å². The summed E-state index contributed by atoms with van der Waals surface area (Å²) in [7, 11) is 0. The Labute approximate surface area is 121 Å². The molecule has 0 amide bonds. The highest BCUT2D eigenvalue weighted by atomic mass is 16.4. The average molecular weight is 282 g/mol. The number of aliphatic hydroxyl groups is 1. The van der Waals surface area contributed by atoms with Crippen LogP contribution in [0.3, 0.4) is 0 Å². The summed E-state index contributed by atoms with van der Waals surface area (Å²) in [6.07, 6.45) is 3.76. The van der Waals surface area contributed by atoms with Crippen molar-refractivity contribution in [1.29, 1.82) is 0 Å². The Bertz CT molecular complexity index is 386. The largest absolute Gasteiger partial charge is 0.508 e. The molecule has 0 aliphatic heterocycles. The highest BCUT2D eigenvalue weighted by molar-refractivity contribution is 5.62. The lowest BCUT2D eigenvalue weighted by molar-refractivity contribution is -0.134. The van der Waals surface area contributed by atoms with Gasteiger partial charge in [0.05, 0.1) is 6.10 Å². The van der Waals surface area contributed by atoms with E-state index in [9.17, 15) is 10.2 Å². The Morgan fingerprint density at radius 1 is 1.25 bits per heavy atom. The summed E-state index contributed by atoms with van der Waals surface area (Å²) in [6.45, 7) is 5.49. The zero-order valence-electron chi connectivity index (χ0n) is 12.5. The van der Waals surface area contributed by atoms with E-state index in [0.717, 1.165) is 25.3 Å². The SMILES string of the molecule is CC(=O)O.CCC[C@@H](C)CC[C@H](O)c1cccc(O)c1. The minimum Gasteiger partial charge on any atom is -0.508 e. The first kappa shape index (κ1) is 18.4. The van der Waals surface area contributed by atoms with Gasteiger partial charge in [-0.1, -0.05) is 38.8 Å². The molecule has 1 aromatic carbocycles. The number of phenols is 1. The van der Waals surface area contributed by atoms with Gasteiger partial charge in [0.2, 0.25) is 0 Å². The van der Waals surface area contributed by atoms with Crippen LogP contribution in [0.1, 0.15) is 58.1 Å². The number of hydrogen-bond donors (Lipinski definition) is 3. The van der Waals surface area contributed by atoms with Crippen LogP contribution in [0.25, 0.3) is 0 Å². The summed E-state index contributed by atoms with van der Waals surface area (Å²) in [5.74, 6) is 0.0510. The van der Waals surface area contributed by atoms with E-state index in [1.165, 1.54) is 12.8 Å². The number of rotatable bonds is 6. The molecule has 114 valence electrons. The smallest absolute Gasteiger partial charge is 0.300 e. The number of carbonyl (C=O) groups is 1. The lowest BCUT2D eigenvalue weighted by atomic mass is 9.96. The molecule has 0 aliphatic carbocycles. The predicted molar refractivity (Wildman–Crippen MR) is 79.7 cm³/mol. The molecule has 3 N–H and O–H groups in total. The number of benzene rings is 1. The minimum absolute atomic E-state index is 0.221. The molecule has 0 bridgehead atoms. The van der Waals surface area contributed by atoms with Crippen molar-refractivity contribution in [1.82, 2.24) is 0 Å². The normalized spacial score (nSPS) is 13.0. The van der Waals surface area contributed by atoms with Gasteiger partial charge in [-0.2, -0.15) is 0 Å². The molecule has 4 heteroatoms. The van der Waals surface area contributed by atoms with E-state index in [2.05, 4.69) is 13.8 Å². The molecule has 1 rings (SSSR count). The molecule has 0 saturated heterocycles. The lowest BCUT2D eigenvalue weighted by Crippen LogP contribution is -2.01. The van der Waals surface area contributed by atoms with Crippen molar-refractivity contribution in [3.8, 4) is 5.75 Å². The molecule has 0 aliphatic rings. The van der Waals surface area contributed by atoms with E-state index < -0.39 is 12.1 Å². The van der Waals surface area contributed by atoms with E-state index in [0.29, 0.717) is 5.92 Å². The third-order valence-electron chi connectivity index (χ3n) is 2.97. The molecule has 0 saturated carbocycles. The van der Waals surface area contributed by atoms with Crippen LogP contribution in [0, 0.1) is 5.92 Å². The number of hydrogen-bond acceptors (Lipinski definition) is 3. The molecule has 0 fully saturated rings. The number of phenolic OH excluding ortho intramolecular Hbond substituents is 1. The van der Waals surface area contributed by atoms with Gasteiger partial charge in [-0.15, -0.1) is 0 Å². The fourth-order valence-electron chi connectivity index (χ4n) is 1.98. The maximum Gasteiger partial charge on any atom is 0.300 e. The summed E-state index contributed by atoms with van der Waals surface area (Å²) in [5, 5.41) is 26.7. The highest BCUT2D eigenvalue weighted by Crippen LogP contribution is 2.24. The van der Waals surface area contributed by atoms with Crippen molar-refractivity contribution in [2.75, 3.05) is 0 Å². The van der Waals surface area contributed by atoms with Crippen LogP contribution in [-0.4, -0.2) is 21.3 Å². The Hall–Kier alpha value is -1.55. The zero-order valence-corrected chi connectivity index (χ0v) is 12.5. The van der Waals surface area contributed by atoms with E-state index in [1.807, 2.05) is 6.07 Å². The van der Waals surface area contributed by atoms with Crippen molar-refractivity contribution < 1.29 is 20.1 Å². The van der Waals surface area contributed by atoms with Gasteiger partial charge in [0, 0.05) is 6.92 Å². The molecule has 0 heterocycles. The summed E-state index contributed by atoms with van der Waals surface area (Å²) >= 11 is 0. The van der Waals surface area contributed by atoms with Gasteiger partial charge in [-0.3, -0.25) is 4.79 Å². The quantitative estimate of drug-likeness (QED) is 0.743. The monoisotopic (exact) mass is 282 g/mol. The predicted octanol–water partition coefficient (Wildman–Crippen LogP) is 3.73. The summed E-state index contributed by atoms with van der Waals surface area (Å²) in [5.41, 5.74) is 0.809. The second-order valence-electron chi connectivity index (χ2n) is 5.10. The summed E-state index contributed by atoms with van der Waals surface area (Å²) in [6, 6.07) is 6.88. The third-order valence-corrected chi connectivity index (χ3v) is 2.97. The van der Waals surface area contributed by atoms with Crippen LogP contribution in [0.15, 0.2) is 24.3 Å². The van der Waals surface area contributed by atoms with Crippen LogP contribution in [0.4, 0.5) is 0 Å². The number of aromatic hydroxyl groups is 1. The van der Waals surface area contributed by atoms with Crippen molar-refractivity contribution in [3.05, 3.63) is 29.8 Å². The van der Waals surface area contributed by atoms with Crippen LogP contribution >= 0.6 is 0 Å². The molecular weight excluding hydrogens is 256 g/mol. The van der Waals surface area contributed by atoms with Crippen molar-refractivity contribution >= 4 is 5.97 Å². The van der Waals surface area contributed by atoms with Crippen molar-refractivity contribution in [3.63, 3.8) is 0 Å². The first-order valence-corrected chi connectivity index (χ1v) is 7.03. The fourth-order valence-corrected chi connectivity index (χ4v) is 1.98. The maximum atomic E-state index is 9.95. The first-order valence-electron chi connectivity index (χ1n) is 7.03. The van der Waals surface area contributed by atoms with Gasteiger partial charge in [-0.05, 0) is 36.5 Å². The lowest BCUT2D eigenvalue weighted by Gasteiger charge is -2.14. The molecule has 0 aromatic heterocycles. The summed E-state index contributed by atoms with van der Waals surface area (Å²) < 4.78 is 0.